The Morgan fingerprint density at radius 2 is 1.79 bits per heavy atom. The molecule has 3 heterocycles. The van der Waals surface area contributed by atoms with Crippen LogP contribution in [0.2, 0.25) is 0 Å². The first kappa shape index (κ1) is 26.9. The zero-order valence-corrected chi connectivity index (χ0v) is 19.4. The van der Waals surface area contributed by atoms with E-state index in [0.29, 0.717) is 30.8 Å². The summed E-state index contributed by atoms with van der Waals surface area (Å²) >= 11 is 0. The largest absolute Gasteiger partial charge is 0.432 e. The summed E-state index contributed by atoms with van der Waals surface area (Å²) in [6.07, 6.45) is -1.92. The molecule has 1 atom stereocenters. The fourth-order valence-corrected chi connectivity index (χ4v) is 3.62. The number of benzene rings is 1. The third kappa shape index (κ3) is 6.15. The van der Waals surface area contributed by atoms with Crippen LogP contribution in [0.3, 0.4) is 0 Å². The predicted octanol–water partition coefficient (Wildman–Crippen LogP) is 4.18. The highest BCUT2D eigenvalue weighted by Gasteiger charge is 2.33. The Morgan fingerprint density at radius 3 is 2.32 bits per heavy atom. The lowest BCUT2D eigenvalue weighted by Crippen LogP contribution is -2.52. The molecule has 1 aromatic carbocycles. The van der Waals surface area contributed by atoms with E-state index < -0.39 is 11.9 Å². The number of anilines is 2. The number of halogens is 4. The van der Waals surface area contributed by atoms with Gasteiger partial charge in [-0.25, -0.2) is 14.4 Å². The minimum atomic E-state index is -4.46. The lowest BCUT2D eigenvalue weighted by molar-refractivity contribution is -0.191. The Hall–Kier alpha value is -3.37. The first-order valence-corrected chi connectivity index (χ1v) is 9.99. The Labute approximate surface area is 200 Å². The standard InChI is InChI=1S/C21H21F4N5.CO2.H2S/c1-13-3-5-16(9-17(13)22)29-7-8-30(14(2)12-29)19-6-4-15(10-26-19)20-27-11-18(28-20)21(23,24)25;2-1-3;/h3-6,9-11,14H,7-8,12H2,1-2H3,(H,27,28);;1H2/t14-;;/m0../s1. The third-order valence-electron chi connectivity index (χ3n) is 5.34. The van der Waals surface area contributed by atoms with E-state index in [9.17, 15) is 17.6 Å². The van der Waals surface area contributed by atoms with Gasteiger partial charge in [0.25, 0.3) is 0 Å². The maximum Gasteiger partial charge on any atom is 0.432 e. The van der Waals surface area contributed by atoms with Gasteiger partial charge in [0, 0.05) is 43.1 Å². The van der Waals surface area contributed by atoms with Gasteiger partial charge >= 0.3 is 12.3 Å². The topological polar surface area (TPSA) is 82.2 Å². The van der Waals surface area contributed by atoms with E-state index in [1.165, 1.54) is 6.20 Å². The summed E-state index contributed by atoms with van der Waals surface area (Å²) in [5, 5.41) is 0. The third-order valence-corrected chi connectivity index (χ3v) is 5.34. The summed E-state index contributed by atoms with van der Waals surface area (Å²) in [6.45, 7) is 5.92. The van der Waals surface area contributed by atoms with E-state index in [1.54, 1.807) is 31.2 Å². The number of H-pyrrole nitrogens is 1. The molecular formula is C22H23F4N5O2S. The Kier molecular flexibility index (Phi) is 8.83. The molecule has 0 aliphatic carbocycles. The summed E-state index contributed by atoms with van der Waals surface area (Å²) in [4.78, 5) is 31.0. The van der Waals surface area contributed by atoms with Crippen LogP contribution in [0, 0.1) is 12.7 Å². The molecule has 7 nitrogen and oxygen atoms in total. The molecule has 2 aromatic heterocycles. The quantitative estimate of drug-likeness (QED) is 0.547. The SMILES string of the molecule is Cc1ccc(N2CCN(c3ccc(-c4ncc(C(F)(F)F)[nH]4)cn3)[C@@H](C)C2)cc1F.O=C=O.S. The van der Waals surface area contributed by atoms with Gasteiger partial charge in [0.2, 0.25) is 0 Å². The highest BCUT2D eigenvalue weighted by Crippen LogP contribution is 2.30. The van der Waals surface area contributed by atoms with Crippen molar-refractivity contribution in [2.75, 3.05) is 29.4 Å². The molecule has 0 amide bonds. The van der Waals surface area contributed by atoms with Crippen molar-refractivity contribution in [2.45, 2.75) is 26.1 Å². The van der Waals surface area contributed by atoms with Crippen LogP contribution in [0.4, 0.5) is 29.1 Å². The average Bonchev–Trinajstić information content (AvgIpc) is 3.27. The molecule has 0 saturated carbocycles. The van der Waals surface area contributed by atoms with Crippen LogP contribution in [0.5, 0.6) is 0 Å². The fourth-order valence-electron chi connectivity index (χ4n) is 3.62. The van der Waals surface area contributed by atoms with Crippen LogP contribution >= 0.6 is 13.5 Å². The fraction of sp³-hybridized carbons (Fsp3) is 0.318. The van der Waals surface area contributed by atoms with Gasteiger partial charge in [-0.3, -0.25) is 0 Å². The molecule has 1 fully saturated rings. The second kappa shape index (κ2) is 11.2. The first-order valence-electron chi connectivity index (χ1n) is 9.99. The zero-order chi connectivity index (χ0) is 24.2. The molecule has 1 aliphatic heterocycles. The van der Waals surface area contributed by atoms with Crippen LogP contribution in [-0.2, 0) is 15.8 Å². The molecule has 0 bridgehead atoms. The molecule has 1 saturated heterocycles. The van der Waals surface area contributed by atoms with Crippen LogP contribution in [0.1, 0.15) is 18.2 Å². The van der Waals surface area contributed by atoms with Crippen molar-refractivity contribution in [1.29, 1.82) is 0 Å². The van der Waals surface area contributed by atoms with Gasteiger partial charge in [0.15, 0.2) is 0 Å². The second-order valence-electron chi connectivity index (χ2n) is 7.55. The second-order valence-corrected chi connectivity index (χ2v) is 7.55. The van der Waals surface area contributed by atoms with Crippen molar-refractivity contribution < 1.29 is 27.2 Å². The smallest absolute Gasteiger partial charge is 0.368 e. The van der Waals surface area contributed by atoms with Crippen molar-refractivity contribution >= 4 is 31.2 Å². The lowest BCUT2D eigenvalue weighted by Gasteiger charge is -2.41. The highest BCUT2D eigenvalue weighted by atomic mass is 32.1. The van der Waals surface area contributed by atoms with Crippen LogP contribution in [0.15, 0.2) is 42.7 Å². The number of alkyl halides is 3. The molecule has 34 heavy (non-hydrogen) atoms. The lowest BCUT2D eigenvalue weighted by atomic mass is 10.1. The highest BCUT2D eigenvalue weighted by molar-refractivity contribution is 7.59. The summed E-state index contributed by atoms with van der Waals surface area (Å²) in [5.41, 5.74) is 1.06. The van der Waals surface area contributed by atoms with Crippen molar-refractivity contribution in [3.63, 3.8) is 0 Å². The maximum absolute atomic E-state index is 13.9. The molecule has 0 spiro atoms. The van der Waals surface area contributed by atoms with E-state index in [0.717, 1.165) is 17.7 Å². The summed E-state index contributed by atoms with van der Waals surface area (Å²) in [7, 11) is 0. The molecule has 182 valence electrons. The van der Waals surface area contributed by atoms with Gasteiger partial charge in [-0.15, -0.1) is 0 Å². The number of aromatic nitrogens is 3. The molecule has 1 N–H and O–H groups in total. The monoisotopic (exact) mass is 497 g/mol. The number of pyridine rings is 1. The number of rotatable bonds is 3. The van der Waals surface area contributed by atoms with E-state index in [4.69, 9.17) is 9.59 Å². The van der Waals surface area contributed by atoms with Crippen molar-refractivity contribution in [1.82, 2.24) is 15.0 Å². The number of aryl methyl sites for hydroxylation is 1. The van der Waals surface area contributed by atoms with Crippen molar-refractivity contribution in [2.24, 2.45) is 0 Å². The van der Waals surface area contributed by atoms with Gasteiger partial charge in [-0.1, -0.05) is 6.07 Å². The molecule has 4 rings (SSSR count). The Balaban J connectivity index is 0.000000970. The minimum Gasteiger partial charge on any atom is -0.368 e. The number of nitrogens with zero attached hydrogens (tertiary/aromatic N) is 4. The van der Waals surface area contributed by atoms with Crippen LogP contribution in [0.25, 0.3) is 11.4 Å². The number of hydrogen-bond donors (Lipinski definition) is 1. The summed E-state index contributed by atoms with van der Waals surface area (Å²) in [5.74, 6) is 0.649. The van der Waals surface area contributed by atoms with Crippen molar-refractivity contribution in [3.8, 4) is 11.4 Å². The Bertz CT molecular complexity index is 1130. The molecule has 0 unspecified atom stereocenters. The van der Waals surface area contributed by atoms with Gasteiger partial charge < -0.3 is 14.8 Å². The summed E-state index contributed by atoms with van der Waals surface area (Å²) < 4.78 is 52.1. The van der Waals surface area contributed by atoms with Gasteiger partial charge in [-0.2, -0.15) is 36.3 Å². The number of carbonyl (C=O) groups excluding carboxylic acids is 2. The average molecular weight is 498 g/mol. The number of nitrogens with one attached hydrogen (secondary N) is 1. The van der Waals surface area contributed by atoms with Crippen molar-refractivity contribution in [3.05, 3.63) is 59.8 Å². The molecular weight excluding hydrogens is 474 g/mol. The number of imidazole rings is 1. The van der Waals surface area contributed by atoms with E-state index in [1.807, 2.05) is 6.07 Å². The number of piperazine rings is 1. The number of hydrogen-bond acceptors (Lipinski definition) is 6. The van der Waals surface area contributed by atoms with E-state index in [2.05, 4.69) is 31.7 Å². The molecule has 12 heteroatoms. The van der Waals surface area contributed by atoms with Crippen LogP contribution < -0.4 is 9.80 Å². The summed E-state index contributed by atoms with van der Waals surface area (Å²) in [6, 6.07) is 8.87. The van der Waals surface area contributed by atoms with Crippen LogP contribution in [-0.4, -0.2) is 46.8 Å². The number of aromatic amines is 1. The Morgan fingerprint density at radius 1 is 1.09 bits per heavy atom. The first-order chi connectivity index (χ1) is 15.6. The van der Waals surface area contributed by atoms with Gasteiger partial charge in [-0.05, 0) is 43.7 Å². The molecule has 1 aliphatic rings. The molecule has 3 aromatic rings. The van der Waals surface area contributed by atoms with Gasteiger partial charge in [0.1, 0.15) is 23.2 Å². The normalized spacial score (nSPS) is 15.6. The van der Waals surface area contributed by atoms with Gasteiger partial charge in [0.05, 0.1) is 6.20 Å². The van der Waals surface area contributed by atoms with E-state index >= 15 is 0 Å². The molecule has 0 radical (unpaired) electrons. The predicted molar refractivity (Wildman–Crippen MR) is 122 cm³/mol. The zero-order valence-electron chi connectivity index (χ0n) is 18.4. The minimum absolute atomic E-state index is 0. The van der Waals surface area contributed by atoms with E-state index in [-0.39, 0.29) is 37.3 Å². The maximum atomic E-state index is 13.9.